The van der Waals surface area contributed by atoms with Crippen LogP contribution in [0.2, 0.25) is 0 Å². The van der Waals surface area contributed by atoms with Crippen LogP contribution in [-0.2, 0) is 11.3 Å². The van der Waals surface area contributed by atoms with Crippen LogP contribution in [0.25, 0.3) is 0 Å². The monoisotopic (exact) mass is 250 g/mol. The van der Waals surface area contributed by atoms with E-state index in [1.807, 2.05) is 12.1 Å². The highest BCUT2D eigenvalue weighted by Gasteiger charge is 2.13. The standard InChI is InChI=1S/C15H22O3/c16-15(17)14-8-6-13(7-9-14)11-18-10-12-4-2-1-3-5-12/h6-9,12,15-17H,1-5,10-11H2. The number of ether oxygens (including phenoxy) is 1. The first-order valence-corrected chi connectivity index (χ1v) is 6.78. The van der Waals surface area contributed by atoms with Crippen LogP contribution in [0, 0.1) is 5.92 Å². The van der Waals surface area contributed by atoms with Crippen LogP contribution in [0.4, 0.5) is 0 Å². The molecule has 0 heterocycles. The molecule has 0 unspecified atom stereocenters. The summed E-state index contributed by atoms with van der Waals surface area (Å²) in [7, 11) is 0. The topological polar surface area (TPSA) is 49.7 Å². The second-order valence-electron chi connectivity index (χ2n) is 5.13. The molecule has 3 nitrogen and oxygen atoms in total. The molecule has 3 heteroatoms. The highest BCUT2D eigenvalue weighted by molar-refractivity contribution is 5.22. The van der Waals surface area contributed by atoms with Crippen LogP contribution in [0.3, 0.4) is 0 Å². The summed E-state index contributed by atoms with van der Waals surface area (Å²) in [6.07, 6.45) is 5.28. The Labute approximate surface area is 108 Å². The van der Waals surface area contributed by atoms with Crippen LogP contribution < -0.4 is 0 Å². The van der Waals surface area contributed by atoms with E-state index in [1.165, 1.54) is 32.1 Å². The predicted octanol–water partition coefficient (Wildman–Crippen LogP) is 2.77. The minimum Gasteiger partial charge on any atom is -0.376 e. The molecular weight excluding hydrogens is 228 g/mol. The Morgan fingerprint density at radius 3 is 2.33 bits per heavy atom. The average Bonchev–Trinajstić information content (AvgIpc) is 2.40. The van der Waals surface area contributed by atoms with Gasteiger partial charge in [0, 0.05) is 12.2 Å². The van der Waals surface area contributed by atoms with Crippen molar-refractivity contribution < 1.29 is 14.9 Å². The molecule has 1 aliphatic rings. The van der Waals surface area contributed by atoms with Crippen LogP contribution in [-0.4, -0.2) is 16.8 Å². The fraction of sp³-hybridized carbons (Fsp3) is 0.600. The number of rotatable bonds is 5. The number of hydrogen-bond acceptors (Lipinski definition) is 3. The lowest BCUT2D eigenvalue weighted by Gasteiger charge is -2.21. The largest absolute Gasteiger partial charge is 0.376 e. The molecule has 0 aromatic heterocycles. The summed E-state index contributed by atoms with van der Waals surface area (Å²) in [5, 5.41) is 18.0. The molecule has 0 amide bonds. The van der Waals surface area contributed by atoms with Gasteiger partial charge in [-0.2, -0.15) is 0 Å². The van der Waals surface area contributed by atoms with Gasteiger partial charge in [0.05, 0.1) is 6.61 Å². The molecule has 2 N–H and O–H groups in total. The molecule has 0 radical (unpaired) electrons. The van der Waals surface area contributed by atoms with E-state index in [0.717, 1.165) is 18.1 Å². The molecule has 0 aliphatic heterocycles. The minimum atomic E-state index is -1.39. The molecule has 0 atom stereocenters. The van der Waals surface area contributed by atoms with Crippen molar-refractivity contribution in [3.8, 4) is 0 Å². The van der Waals surface area contributed by atoms with Crippen molar-refractivity contribution in [2.45, 2.75) is 45.0 Å². The van der Waals surface area contributed by atoms with E-state index < -0.39 is 6.29 Å². The summed E-state index contributed by atoms with van der Waals surface area (Å²) in [6.45, 7) is 1.46. The van der Waals surface area contributed by atoms with Gasteiger partial charge in [-0.1, -0.05) is 43.5 Å². The third-order valence-electron chi connectivity index (χ3n) is 3.62. The second kappa shape index (κ2) is 6.88. The van der Waals surface area contributed by atoms with Gasteiger partial charge in [-0.05, 0) is 24.3 Å². The highest BCUT2D eigenvalue weighted by atomic mass is 16.5. The first kappa shape index (κ1) is 13.5. The summed E-state index contributed by atoms with van der Waals surface area (Å²) < 4.78 is 5.73. The Hall–Kier alpha value is -0.900. The van der Waals surface area contributed by atoms with Crippen molar-refractivity contribution in [1.29, 1.82) is 0 Å². The third kappa shape index (κ3) is 4.09. The number of aliphatic hydroxyl groups excluding tert-OH is 1. The zero-order chi connectivity index (χ0) is 12.8. The fourth-order valence-electron chi connectivity index (χ4n) is 2.48. The van der Waals surface area contributed by atoms with Crippen LogP contribution >= 0.6 is 0 Å². The van der Waals surface area contributed by atoms with Crippen molar-refractivity contribution in [3.63, 3.8) is 0 Å². The number of hydrogen-bond donors (Lipinski definition) is 2. The van der Waals surface area contributed by atoms with Gasteiger partial charge in [0.25, 0.3) is 0 Å². The zero-order valence-corrected chi connectivity index (χ0v) is 10.7. The van der Waals surface area contributed by atoms with Gasteiger partial charge in [0.1, 0.15) is 0 Å². The summed E-state index contributed by atoms with van der Waals surface area (Å²) in [5.41, 5.74) is 1.60. The summed E-state index contributed by atoms with van der Waals surface area (Å²) >= 11 is 0. The zero-order valence-electron chi connectivity index (χ0n) is 10.7. The lowest BCUT2D eigenvalue weighted by atomic mass is 9.90. The maximum atomic E-state index is 8.99. The van der Waals surface area contributed by atoms with Crippen molar-refractivity contribution in [2.24, 2.45) is 5.92 Å². The molecule has 2 rings (SSSR count). The fourth-order valence-corrected chi connectivity index (χ4v) is 2.48. The summed E-state index contributed by atoms with van der Waals surface area (Å²) in [5.74, 6) is 0.734. The third-order valence-corrected chi connectivity index (χ3v) is 3.62. The Kier molecular flexibility index (Phi) is 5.17. The van der Waals surface area contributed by atoms with E-state index in [4.69, 9.17) is 14.9 Å². The molecule has 0 bridgehead atoms. The van der Waals surface area contributed by atoms with Crippen LogP contribution in [0.15, 0.2) is 24.3 Å². The molecular formula is C15H22O3. The molecule has 18 heavy (non-hydrogen) atoms. The smallest absolute Gasteiger partial charge is 0.178 e. The first-order chi connectivity index (χ1) is 8.75. The average molecular weight is 250 g/mol. The van der Waals surface area contributed by atoms with Gasteiger partial charge in [-0.15, -0.1) is 0 Å². The molecule has 1 aromatic rings. The Balaban J connectivity index is 1.72. The maximum absolute atomic E-state index is 8.99. The van der Waals surface area contributed by atoms with E-state index >= 15 is 0 Å². The minimum absolute atomic E-state index is 0.519. The molecule has 1 fully saturated rings. The van der Waals surface area contributed by atoms with Crippen LogP contribution in [0.5, 0.6) is 0 Å². The molecule has 0 spiro atoms. The molecule has 100 valence electrons. The first-order valence-electron chi connectivity index (χ1n) is 6.78. The highest BCUT2D eigenvalue weighted by Crippen LogP contribution is 2.24. The molecule has 1 aliphatic carbocycles. The summed E-state index contributed by atoms with van der Waals surface area (Å²) in [6, 6.07) is 7.22. The van der Waals surface area contributed by atoms with E-state index in [1.54, 1.807) is 12.1 Å². The van der Waals surface area contributed by atoms with Gasteiger partial charge in [0.2, 0.25) is 0 Å². The van der Waals surface area contributed by atoms with Gasteiger partial charge in [0.15, 0.2) is 6.29 Å². The molecule has 1 aromatic carbocycles. The number of aliphatic hydroxyl groups is 2. The Morgan fingerprint density at radius 1 is 1.06 bits per heavy atom. The summed E-state index contributed by atoms with van der Waals surface area (Å²) in [4.78, 5) is 0. The lowest BCUT2D eigenvalue weighted by Crippen LogP contribution is -2.13. The van der Waals surface area contributed by atoms with E-state index in [-0.39, 0.29) is 0 Å². The Bertz CT molecular complexity index is 339. The van der Waals surface area contributed by atoms with E-state index in [2.05, 4.69) is 0 Å². The molecule has 1 saturated carbocycles. The number of benzene rings is 1. The lowest BCUT2D eigenvalue weighted by molar-refractivity contribution is -0.0425. The SMILES string of the molecule is OC(O)c1ccc(COCC2CCCCC2)cc1. The normalized spacial score (nSPS) is 17.3. The van der Waals surface area contributed by atoms with Crippen LogP contribution in [0.1, 0.15) is 49.5 Å². The quantitative estimate of drug-likeness (QED) is 0.790. The van der Waals surface area contributed by atoms with Gasteiger partial charge < -0.3 is 14.9 Å². The van der Waals surface area contributed by atoms with E-state index in [9.17, 15) is 0 Å². The second-order valence-corrected chi connectivity index (χ2v) is 5.13. The van der Waals surface area contributed by atoms with Crippen molar-refractivity contribution in [1.82, 2.24) is 0 Å². The van der Waals surface area contributed by atoms with Gasteiger partial charge >= 0.3 is 0 Å². The van der Waals surface area contributed by atoms with Crippen molar-refractivity contribution in [2.75, 3.05) is 6.61 Å². The van der Waals surface area contributed by atoms with E-state index in [0.29, 0.717) is 12.2 Å². The predicted molar refractivity (Wildman–Crippen MR) is 69.9 cm³/mol. The Morgan fingerprint density at radius 2 is 1.72 bits per heavy atom. The van der Waals surface area contributed by atoms with Gasteiger partial charge in [-0.3, -0.25) is 0 Å². The van der Waals surface area contributed by atoms with Crippen molar-refractivity contribution in [3.05, 3.63) is 35.4 Å². The van der Waals surface area contributed by atoms with Gasteiger partial charge in [-0.25, -0.2) is 0 Å². The van der Waals surface area contributed by atoms with Crippen molar-refractivity contribution >= 4 is 0 Å². The molecule has 0 saturated heterocycles. The maximum Gasteiger partial charge on any atom is 0.178 e.